The number of rotatable bonds is 5. The predicted molar refractivity (Wildman–Crippen MR) is 80.9 cm³/mol. The highest BCUT2D eigenvalue weighted by molar-refractivity contribution is 5.60. The van der Waals surface area contributed by atoms with Crippen LogP contribution in [-0.2, 0) is 6.42 Å². The Morgan fingerprint density at radius 3 is 2.57 bits per heavy atom. The van der Waals surface area contributed by atoms with E-state index in [1.807, 2.05) is 6.92 Å². The van der Waals surface area contributed by atoms with Crippen molar-refractivity contribution in [3.63, 3.8) is 0 Å². The van der Waals surface area contributed by atoms with E-state index in [1.54, 1.807) is 37.4 Å². The molecule has 2 aromatic carbocycles. The quantitative estimate of drug-likeness (QED) is 0.909. The Morgan fingerprint density at radius 2 is 1.95 bits per heavy atom. The van der Waals surface area contributed by atoms with Gasteiger partial charge in [0.15, 0.2) is 0 Å². The van der Waals surface area contributed by atoms with Crippen LogP contribution in [0, 0.1) is 17.1 Å². The zero-order valence-electron chi connectivity index (χ0n) is 12.1. The summed E-state index contributed by atoms with van der Waals surface area (Å²) >= 11 is 0. The summed E-state index contributed by atoms with van der Waals surface area (Å²) in [5.41, 5.74) is 2.35. The van der Waals surface area contributed by atoms with E-state index in [9.17, 15) is 4.39 Å². The molecule has 1 unspecified atom stereocenters. The maximum atomic E-state index is 12.9. The Kier molecular flexibility index (Phi) is 4.78. The molecule has 1 atom stereocenters. The van der Waals surface area contributed by atoms with Crippen molar-refractivity contribution in [2.45, 2.75) is 19.4 Å². The molecule has 4 heteroatoms. The Bertz CT molecular complexity index is 647. The van der Waals surface area contributed by atoms with E-state index in [1.165, 1.54) is 12.1 Å². The summed E-state index contributed by atoms with van der Waals surface area (Å²) < 4.78 is 18.1. The minimum absolute atomic E-state index is 0.106. The lowest BCUT2D eigenvalue weighted by Crippen LogP contribution is -2.18. The third-order valence-corrected chi connectivity index (χ3v) is 3.20. The fourth-order valence-electron chi connectivity index (χ4n) is 2.16. The molecule has 0 aliphatic carbocycles. The Labute approximate surface area is 124 Å². The van der Waals surface area contributed by atoms with Crippen molar-refractivity contribution in [3.8, 4) is 11.8 Å². The highest BCUT2D eigenvalue weighted by Gasteiger charge is 2.09. The fourth-order valence-corrected chi connectivity index (χ4v) is 2.16. The highest BCUT2D eigenvalue weighted by Crippen LogP contribution is 2.23. The number of halogens is 1. The number of hydrogen-bond donors (Lipinski definition) is 1. The molecule has 0 aromatic heterocycles. The summed E-state index contributed by atoms with van der Waals surface area (Å²) in [6.45, 7) is 2.02. The molecule has 2 rings (SSSR count). The first kappa shape index (κ1) is 14.9. The zero-order valence-corrected chi connectivity index (χ0v) is 12.1. The van der Waals surface area contributed by atoms with Crippen molar-refractivity contribution in [3.05, 3.63) is 59.4 Å². The molecule has 108 valence electrons. The number of anilines is 1. The molecule has 0 fully saturated rings. The average Bonchev–Trinajstić information content (AvgIpc) is 2.49. The minimum Gasteiger partial charge on any atom is -0.497 e. The number of nitrogens with zero attached hydrogens (tertiary/aromatic N) is 1. The number of hydrogen-bond acceptors (Lipinski definition) is 3. The molecule has 21 heavy (non-hydrogen) atoms. The second kappa shape index (κ2) is 6.76. The van der Waals surface area contributed by atoms with Crippen LogP contribution in [0.15, 0.2) is 42.5 Å². The van der Waals surface area contributed by atoms with Crippen molar-refractivity contribution in [1.82, 2.24) is 0 Å². The summed E-state index contributed by atoms with van der Waals surface area (Å²) in [6.07, 6.45) is 0.738. The van der Waals surface area contributed by atoms with E-state index in [0.29, 0.717) is 11.3 Å². The minimum atomic E-state index is -0.237. The maximum absolute atomic E-state index is 12.9. The Balaban J connectivity index is 2.10. The molecule has 0 bridgehead atoms. The van der Waals surface area contributed by atoms with Crippen molar-refractivity contribution in [1.29, 1.82) is 5.26 Å². The molecule has 3 nitrogen and oxygen atoms in total. The first-order valence-corrected chi connectivity index (χ1v) is 6.71. The SMILES string of the molecule is COc1ccc(C#N)c(NC(C)Cc2ccc(F)cc2)c1. The number of nitrogens with one attached hydrogen (secondary N) is 1. The second-order valence-electron chi connectivity index (χ2n) is 4.90. The van der Waals surface area contributed by atoms with E-state index >= 15 is 0 Å². The molecule has 0 spiro atoms. The molecule has 0 saturated carbocycles. The molecule has 0 amide bonds. The summed E-state index contributed by atoms with van der Waals surface area (Å²) in [5.74, 6) is 0.462. The van der Waals surface area contributed by atoms with E-state index in [2.05, 4.69) is 11.4 Å². The second-order valence-corrected chi connectivity index (χ2v) is 4.90. The molecule has 2 aromatic rings. The summed E-state index contributed by atoms with van der Waals surface area (Å²) in [4.78, 5) is 0. The summed E-state index contributed by atoms with van der Waals surface area (Å²) in [6, 6.07) is 14.0. The summed E-state index contributed by atoms with van der Waals surface area (Å²) in [7, 11) is 1.59. The van der Waals surface area contributed by atoms with E-state index in [4.69, 9.17) is 10.00 Å². The molecule has 0 aliphatic rings. The van der Waals surface area contributed by atoms with Crippen LogP contribution in [-0.4, -0.2) is 13.2 Å². The first-order valence-electron chi connectivity index (χ1n) is 6.71. The monoisotopic (exact) mass is 284 g/mol. The lowest BCUT2D eigenvalue weighted by molar-refractivity contribution is 0.415. The largest absolute Gasteiger partial charge is 0.497 e. The molecule has 0 radical (unpaired) electrons. The number of nitriles is 1. The van der Waals surface area contributed by atoms with E-state index in [-0.39, 0.29) is 11.9 Å². The van der Waals surface area contributed by atoms with Crippen molar-refractivity contribution in [2.75, 3.05) is 12.4 Å². The van der Waals surface area contributed by atoms with Gasteiger partial charge in [0.2, 0.25) is 0 Å². The average molecular weight is 284 g/mol. The molecule has 0 aliphatic heterocycles. The molecule has 0 saturated heterocycles. The van der Waals surface area contributed by atoms with Gasteiger partial charge in [0.05, 0.1) is 18.4 Å². The lowest BCUT2D eigenvalue weighted by atomic mass is 10.1. The van der Waals surface area contributed by atoms with Crippen LogP contribution in [0.4, 0.5) is 10.1 Å². The van der Waals surface area contributed by atoms with Gasteiger partial charge in [-0.1, -0.05) is 12.1 Å². The van der Waals surface area contributed by atoms with Crippen LogP contribution in [0.2, 0.25) is 0 Å². The smallest absolute Gasteiger partial charge is 0.123 e. The standard InChI is InChI=1S/C17H17FN2O/c1-12(9-13-3-6-15(18)7-4-13)20-17-10-16(21-2)8-5-14(17)11-19/h3-8,10,12,20H,9H2,1-2H3. The van der Waals surface area contributed by atoms with Crippen LogP contribution in [0.1, 0.15) is 18.1 Å². The maximum Gasteiger partial charge on any atom is 0.123 e. The van der Waals surface area contributed by atoms with E-state index in [0.717, 1.165) is 17.7 Å². The fraction of sp³-hybridized carbons (Fsp3) is 0.235. The number of benzene rings is 2. The molecular formula is C17H17FN2O. The van der Waals surface area contributed by atoms with E-state index < -0.39 is 0 Å². The highest BCUT2D eigenvalue weighted by atomic mass is 19.1. The topological polar surface area (TPSA) is 45.0 Å². The van der Waals surface area contributed by atoms with Crippen LogP contribution in [0.3, 0.4) is 0 Å². The number of methoxy groups -OCH3 is 1. The first-order chi connectivity index (χ1) is 10.1. The Morgan fingerprint density at radius 1 is 1.24 bits per heavy atom. The van der Waals surface area contributed by atoms with Crippen molar-refractivity contribution in [2.24, 2.45) is 0 Å². The van der Waals surface area contributed by atoms with Gasteiger partial charge in [-0.05, 0) is 43.2 Å². The van der Waals surface area contributed by atoms with Gasteiger partial charge < -0.3 is 10.1 Å². The van der Waals surface area contributed by atoms with Gasteiger partial charge in [0.25, 0.3) is 0 Å². The van der Waals surface area contributed by atoms with Crippen molar-refractivity contribution >= 4 is 5.69 Å². The zero-order chi connectivity index (χ0) is 15.2. The van der Waals surface area contributed by atoms with Crippen molar-refractivity contribution < 1.29 is 9.13 Å². The molecular weight excluding hydrogens is 267 g/mol. The van der Waals surface area contributed by atoms with Gasteiger partial charge in [-0.25, -0.2) is 4.39 Å². The van der Waals surface area contributed by atoms with Gasteiger partial charge in [-0.15, -0.1) is 0 Å². The lowest BCUT2D eigenvalue weighted by Gasteiger charge is -2.17. The van der Waals surface area contributed by atoms with Gasteiger partial charge >= 0.3 is 0 Å². The third-order valence-electron chi connectivity index (χ3n) is 3.20. The predicted octanol–water partition coefficient (Wildman–Crippen LogP) is 3.75. The van der Waals surface area contributed by atoms with Crippen LogP contribution in [0.25, 0.3) is 0 Å². The van der Waals surface area contributed by atoms with Gasteiger partial charge in [-0.3, -0.25) is 0 Å². The van der Waals surface area contributed by atoms with Gasteiger partial charge in [0, 0.05) is 12.1 Å². The summed E-state index contributed by atoms with van der Waals surface area (Å²) in [5, 5.41) is 12.4. The van der Waals surface area contributed by atoms with Crippen LogP contribution in [0.5, 0.6) is 5.75 Å². The normalized spacial score (nSPS) is 11.5. The van der Waals surface area contributed by atoms with Crippen LogP contribution >= 0.6 is 0 Å². The van der Waals surface area contributed by atoms with Gasteiger partial charge in [-0.2, -0.15) is 5.26 Å². The molecule has 1 N–H and O–H groups in total. The molecule has 0 heterocycles. The van der Waals surface area contributed by atoms with Crippen LogP contribution < -0.4 is 10.1 Å². The van der Waals surface area contributed by atoms with Gasteiger partial charge in [0.1, 0.15) is 17.6 Å². The number of ether oxygens (including phenoxy) is 1. The Hall–Kier alpha value is -2.54. The third kappa shape index (κ3) is 3.96.